The predicted octanol–water partition coefficient (Wildman–Crippen LogP) is 4.57. The van der Waals surface area contributed by atoms with Crippen molar-refractivity contribution in [3.8, 4) is 5.75 Å². The summed E-state index contributed by atoms with van der Waals surface area (Å²) < 4.78 is 11.8. The highest BCUT2D eigenvalue weighted by atomic mass is 35.5. The lowest BCUT2D eigenvalue weighted by atomic mass is 10.2. The molecular formula is C13H22Cl2N2O2Si. The Kier molecular flexibility index (Phi) is 5.84. The van der Waals surface area contributed by atoms with Crippen LogP contribution in [-0.2, 0) is 4.43 Å². The van der Waals surface area contributed by atoms with Gasteiger partial charge in [0, 0.05) is 0 Å². The van der Waals surface area contributed by atoms with Crippen LogP contribution in [0, 0.1) is 0 Å². The molecule has 114 valence electrons. The molecule has 0 fully saturated rings. The molecule has 1 rings (SSSR count). The molecule has 1 aromatic heterocycles. The molecule has 7 heteroatoms. The van der Waals surface area contributed by atoms with Crippen LogP contribution in [0.4, 0.5) is 0 Å². The maximum absolute atomic E-state index is 6.19. The van der Waals surface area contributed by atoms with Gasteiger partial charge < -0.3 is 9.16 Å². The Morgan fingerprint density at radius 2 is 1.90 bits per heavy atom. The monoisotopic (exact) mass is 336 g/mol. The standard InChI is InChI=1S/C13H22Cl2N2O2Si/c1-9(19-20(5,6)13(2,3)4)8-18-10-7-16-12(15)17-11(10)14/h7,9H,8H2,1-6H3/t9-/m0/s1. The molecule has 0 unspecified atom stereocenters. The molecule has 0 bridgehead atoms. The second-order valence-corrected chi connectivity index (χ2v) is 11.7. The first-order chi connectivity index (χ1) is 9.03. The van der Waals surface area contributed by atoms with Gasteiger partial charge in [-0.05, 0) is 36.7 Å². The topological polar surface area (TPSA) is 44.2 Å². The summed E-state index contributed by atoms with van der Waals surface area (Å²) in [6.07, 6.45) is 1.44. The molecule has 0 aromatic carbocycles. The Labute approximate surface area is 131 Å². The first-order valence-corrected chi connectivity index (χ1v) is 10.2. The summed E-state index contributed by atoms with van der Waals surface area (Å²) in [6, 6.07) is 0. The van der Waals surface area contributed by atoms with Crippen LogP contribution in [0.15, 0.2) is 6.20 Å². The van der Waals surface area contributed by atoms with Crippen LogP contribution < -0.4 is 4.74 Å². The minimum absolute atomic E-state index is 0.0253. The molecule has 0 spiro atoms. The van der Waals surface area contributed by atoms with Crippen molar-refractivity contribution < 1.29 is 9.16 Å². The van der Waals surface area contributed by atoms with Crippen LogP contribution in [-0.4, -0.2) is 31.0 Å². The number of aromatic nitrogens is 2. The molecule has 0 aliphatic rings. The van der Waals surface area contributed by atoms with Gasteiger partial charge in [0.25, 0.3) is 0 Å². The summed E-state index contributed by atoms with van der Waals surface area (Å²) >= 11 is 11.6. The number of hydrogen-bond donors (Lipinski definition) is 0. The first-order valence-electron chi connectivity index (χ1n) is 6.51. The van der Waals surface area contributed by atoms with E-state index in [9.17, 15) is 0 Å². The van der Waals surface area contributed by atoms with Crippen LogP contribution in [0.2, 0.25) is 28.6 Å². The largest absolute Gasteiger partial charge is 0.486 e. The number of hydrogen-bond acceptors (Lipinski definition) is 4. The third-order valence-corrected chi connectivity index (χ3v) is 8.51. The summed E-state index contributed by atoms with van der Waals surface area (Å²) in [5.41, 5.74) is 0. The molecule has 0 aliphatic heterocycles. The number of ether oxygens (including phenoxy) is 1. The van der Waals surface area contributed by atoms with Gasteiger partial charge in [0.15, 0.2) is 19.2 Å². The Morgan fingerprint density at radius 1 is 1.30 bits per heavy atom. The quantitative estimate of drug-likeness (QED) is 0.448. The van der Waals surface area contributed by atoms with Crippen molar-refractivity contribution in [2.45, 2.75) is 51.9 Å². The van der Waals surface area contributed by atoms with E-state index in [1.807, 2.05) is 6.92 Å². The highest BCUT2D eigenvalue weighted by Gasteiger charge is 2.38. The maximum atomic E-state index is 6.19. The molecular weight excluding hydrogens is 315 g/mol. The van der Waals surface area contributed by atoms with Crippen LogP contribution in [0.25, 0.3) is 0 Å². The minimum Gasteiger partial charge on any atom is -0.486 e. The Balaban J connectivity index is 2.58. The smallest absolute Gasteiger partial charge is 0.224 e. The lowest BCUT2D eigenvalue weighted by Gasteiger charge is -2.38. The number of nitrogens with zero attached hydrogens (tertiary/aromatic N) is 2. The van der Waals surface area contributed by atoms with E-state index < -0.39 is 8.32 Å². The molecule has 0 saturated heterocycles. The van der Waals surface area contributed by atoms with Crippen molar-refractivity contribution in [1.82, 2.24) is 9.97 Å². The zero-order valence-corrected chi connectivity index (χ0v) is 15.3. The van der Waals surface area contributed by atoms with E-state index in [1.165, 1.54) is 6.20 Å². The van der Waals surface area contributed by atoms with E-state index >= 15 is 0 Å². The molecule has 0 aliphatic carbocycles. The average molecular weight is 337 g/mol. The van der Waals surface area contributed by atoms with E-state index in [0.717, 1.165) is 0 Å². The highest BCUT2D eigenvalue weighted by Crippen LogP contribution is 2.37. The third kappa shape index (κ3) is 4.88. The van der Waals surface area contributed by atoms with Crippen molar-refractivity contribution in [3.63, 3.8) is 0 Å². The molecule has 1 heterocycles. The molecule has 0 N–H and O–H groups in total. The number of halogens is 2. The summed E-state index contributed by atoms with van der Waals surface area (Å²) in [5.74, 6) is 0.418. The van der Waals surface area contributed by atoms with Crippen LogP contribution >= 0.6 is 23.2 Å². The molecule has 1 aromatic rings. The zero-order chi connectivity index (χ0) is 15.6. The van der Waals surface area contributed by atoms with Crippen molar-refractivity contribution in [2.75, 3.05) is 6.61 Å². The highest BCUT2D eigenvalue weighted by molar-refractivity contribution is 6.74. The average Bonchev–Trinajstić information content (AvgIpc) is 2.25. The predicted molar refractivity (Wildman–Crippen MR) is 85.3 cm³/mol. The van der Waals surface area contributed by atoms with Gasteiger partial charge in [-0.2, -0.15) is 0 Å². The fraction of sp³-hybridized carbons (Fsp3) is 0.692. The second kappa shape index (κ2) is 6.60. The van der Waals surface area contributed by atoms with Gasteiger partial charge >= 0.3 is 0 Å². The Hall–Kier alpha value is -0.363. The van der Waals surface area contributed by atoms with Crippen LogP contribution in [0.1, 0.15) is 27.7 Å². The lowest BCUT2D eigenvalue weighted by Crippen LogP contribution is -2.44. The van der Waals surface area contributed by atoms with Gasteiger partial charge in [-0.3, -0.25) is 0 Å². The molecule has 0 saturated carbocycles. The van der Waals surface area contributed by atoms with Crippen LogP contribution in [0.5, 0.6) is 5.75 Å². The summed E-state index contributed by atoms with van der Waals surface area (Å²) in [7, 11) is -1.79. The Morgan fingerprint density at radius 3 is 2.40 bits per heavy atom. The molecule has 1 atom stereocenters. The van der Waals surface area contributed by atoms with Gasteiger partial charge in [-0.25, -0.2) is 9.97 Å². The third-order valence-electron chi connectivity index (χ3n) is 3.46. The molecule has 4 nitrogen and oxygen atoms in total. The fourth-order valence-electron chi connectivity index (χ4n) is 1.35. The van der Waals surface area contributed by atoms with E-state index in [4.69, 9.17) is 32.4 Å². The van der Waals surface area contributed by atoms with Crippen LogP contribution in [0.3, 0.4) is 0 Å². The van der Waals surface area contributed by atoms with Crippen molar-refractivity contribution in [1.29, 1.82) is 0 Å². The van der Waals surface area contributed by atoms with Crippen molar-refractivity contribution >= 4 is 31.5 Å². The van der Waals surface area contributed by atoms with Gasteiger partial charge in [-0.1, -0.05) is 32.4 Å². The fourth-order valence-corrected chi connectivity index (χ4v) is 3.14. The first kappa shape index (κ1) is 17.7. The molecule has 20 heavy (non-hydrogen) atoms. The van der Waals surface area contributed by atoms with Gasteiger partial charge in [-0.15, -0.1) is 0 Å². The van der Waals surface area contributed by atoms with E-state index in [-0.39, 0.29) is 21.6 Å². The van der Waals surface area contributed by atoms with E-state index in [0.29, 0.717) is 12.4 Å². The normalized spacial score (nSPS) is 14.2. The van der Waals surface area contributed by atoms with E-state index in [2.05, 4.69) is 43.8 Å². The SMILES string of the molecule is C[C@@H](COc1cnc(Cl)nc1Cl)O[Si](C)(C)C(C)(C)C. The second-order valence-electron chi connectivity index (χ2n) is 6.29. The zero-order valence-electron chi connectivity index (χ0n) is 12.8. The minimum atomic E-state index is -1.79. The Bertz CT molecular complexity index is 464. The molecule has 0 amide bonds. The van der Waals surface area contributed by atoms with Crippen molar-refractivity contribution in [2.24, 2.45) is 0 Å². The van der Waals surface area contributed by atoms with Crippen molar-refractivity contribution in [3.05, 3.63) is 16.6 Å². The van der Waals surface area contributed by atoms with Gasteiger partial charge in [0.2, 0.25) is 5.28 Å². The summed E-state index contributed by atoms with van der Waals surface area (Å²) in [6.45, 7) is 13.4. The maximum Gasteiger partial charge on any atom is 0.224 e. The van der Waals surface area contributed by atoms with Gasteiger partial charge in [0.05, 0.1) is 12.3 Å². The van der Waals surface area contributed by atoms with E-state index in [1.54, 1.807) is 0 Å². The lowest BCUT2D eigenvalue weighted by molar-refractivity contribution is 0.129. The molecule has 0 radical (unpaired) electrons. The summed E-state index contributed by atoms with van der Waals surface area (Å²) in [4.78, 5) is 7.67. The summed E-state index contributed by atoms with van der Waals surface area (Å²) in [5, 5.41) is 0.486. The number of rotatable bonds is 5. The van der Waals surface area contributed by atoms with Gasteiger partial charge in [0.1, 0.15) is 6.61 Å².